The second-order valence-electron chi connectivity index (χ2n) is 9.70. The second kappa shape index (κ2) is 11.4. The maximum absolute atomic E-state index is 5.61. The molecule has 32 heavy (non-hydrogen) atoms. The van der Waals surface area contributed by atoms with E-state index in [1.807, 2.05) is 40.2 Å². The van der Waals surface area contributed by atoms with Crippen molar-refractivity contribution in [2.24, 2.45) is 0 Å². The number of hydrogen-bond donors (Lipinski definition) is 0. The smallest absolute Gasteiger partial charge is 0.137 e. The van der Waals surface area contributed by atoms with Crippen molar-refractivity contribution in [3.05, 3.63) is 71.2 Å². The van der Waals surface area contributed by atoms with Crippen LogP contribution in [0.1, 0.15) is 91.5 Å². The molecule has 0 saturated carbocycles. The zero-order valence-electron chi connectivity index (χ0n) is 22.4. The fourth-order valence-electron chi connectivity index (χ4n) is 3.57. The molecule has 2 nitrogen and oxygen atoms in total. The third-order valence-electron chi connectivity index (χ3n) is 5.21. The van der Waals surface area contributed by atoms with Gasteiger partial charge in [0.25, 0.3) is 0 Å². The number of rotatable bonds is 0. The molecule has 2 heterocycles. The highest BCUT2D eigenvalue weighted by Crippen LogP contribution is 2.33. The molecule has 0 unspecified atom stereocenters. The van der Waals surface area contributed by atoms with Crippen molar-refractivity contribution >= 4 is 21.9 Å². The van der Waals surface area contributed by atoms with E-state index in [9.17, 15) is 0 Å². The minimum Gasteiger partial charge on any atom is -0.464 e. The second-order valence-corrected chi connectivity index (χ2v) is 9.70. The monoisotopic (exact) mass is 436 g/mol. The predicted molar refractivity (Wildman–Crippen MR) is 142 cm³/mol. The van der Waals surface area contributed by atoms with Gasteiger partial charge in [-0.25, -0.2) is 0 Å². The molecule has 4 rings (SSSR count). The fraction of sp³-hybridized carbons (Fsp3) is 0.467. The Kier molecular flexibility index (Phi) is 9.82. The van der Waals surface area contributed by atoms with Crippen LogP contribution in [-0.2, 0) is 10.8 Å². The van der Waals surface area contributed by atoms with Gasteiger partial charge in [-0.05, 0) is 35.8 Å². The molecule has 4 aromatic rings. The molecular formula is C30H44O2. The van der Waals surface area contributed by atoms with Crippen LogP contribution in [0, 0.1) is 13.8 Å². The van der Waals surface area contributed by atoms with Crippen LogP contribution in [-0.4, -0.2) is 0 Å². The summed E-state index contributed by atoms with van der Waals surface area (Å²) in [5.74, 6) is 0. The zero-order chi connectivity index (χ0) is 24.7. The van der Waals surface area contributed by atoms with Gasteiger partial charge in [-0.15, -0.1) is 0 Å². The molecule has 2 aromatic carbocycles. The van der Waals surface area contributed by atoms with Gasteiger partial charge in [0.1, 0.15) is 11.2 Å². The molecule has 2 aromatic heterocycles. The standard InChI is InChI=1S/2C13H16O.2C2H6/c2*1-9-6-5-7-10-11(13(2,3)4)8-14-12(9)10;2*1-2/h2*5-8H,1-4H3;2*1-2H3. The summed E-state index contributed by atoms with van der Waals surface area (Å²) in [6.07, 6.45) is 3.77. The maximum atomic E-state index is 5.61. The van der Waals surface area contributed by atoms with Crippen molar-refractivity contribution in [1.82, 2.24) is 0 Å². The summed E-state index contributed by atoms with van der Waals surface area (Å²) in [4.78, 5) is 0. The summed E-state index contributed by atoms with van der Waals surface area (Å²) in [5.41, 5.74) is 7.34. The Morgan fingerprint density at radius 3 is 1.12 bits per heavy atom. The van der Waals surface area contributed by atoms with Gasteiger partial charge in [-0.1, -0.05) is 106 Å². The number of hydrogen-bond acceptors (Lipinski definition) is 2. The lowest BCUT2D eigenvalue weighted by Gasteiger charge is -2.16. The highest BCUT2D eigenvalue weighted by molar-refractivity contribution is 5.85. The first kappa shape index (κ1) is 27.6. The van der Waals surface area contributed by atoms with E-state index in [0.29, 0.717) is 0 Å². The van der Waals surface area contributed by atoms with Crippen molar-refractivity contribution in [2.45, 2.75) is 93.9 Å². The molecule has 0 aliphatic carbocycles. The van der Waals surface area contributed by atoms with E-state index in [1.165, 1.54) is 33.0 Å². The third-order valence-corrected chi connectivity index (χ3v) is 5.21. The molecule has 0 bridgehead atoms. The van der Waals surface area contributed by atoms with Crippen molar-refractivity contribution < 1.29 is 8.83 Å². The van der Waals surface area contributed by atoms with Crippen LogP contribution < -0.4 is 0 Å². The SMILES string of the molecule is CC.CC.Cc1cccc2c(C(C)(C)C)coc12.Cc1cccc2c(C(C)(C)C)coc12. The number of para-hydroxylation sites is 2. The van der Waals surface area contributed by atoms with Crippen molar-refractivity contribution in [2.75, 3.05) is 0 Å². The first-order chi connectivity index (χ1) is 15.0. The summed E-state index contributed by atoms with van der Waals surface area (Å²) in [5, 5.41) is 2.50. The normalized spacial score (nSPS) is 11.1. The van der Waals surface area contributed by atoms with Crippen LogP contribution in [0.2, 0.25) is 0 Å². The quantitative estimate of drug-likeness (QED) is 0.274. The topological polar surface area (TPSA) is 26.3 Å². The van der Waals surface area contributed by atoms with Crippen LogP contribution >= 0.6 is 0 Å². The molecule has 0 aliphatic heterocycles. The number of benzene rings is 2. The summed E-state index contributed by atoms with van der Waals surface area (Å²) >= 11 is 0. The number of fused-ring (bicyclic) bond motifs is 2. The van der Waals surface area contributed by atoms with E-state index < -0.39 is 0 Å². The first-order valence-electron chi connectivity index (χ1n) is 11.9. The van der Waals surface area contributed by atoms with Crippen LogP contribution in [0.25, 0.3) is 21.9 Å². The van der Waals surface area contributed by atoms with E-state index in [2.05, 4.69) is 91.8 Å². The fourth-order valence-corrected chi connectivity index (χ4v) is 3.57. The Labute approximate surface area is 196 Å². The lowest BCUT2D eigenvalue weighted by Crippen LogP contribution is -2.09. The molecule has 0 N–H and O–H groups in total. The summed E-state index contributed by atoms with van der Waals surface area (Å²) < 4.78 is 11.2. The van der Waals surface area contributed by atoms with E-state index in [4.69, 9.17) is 8.83 Å². The van der Waals surface area contributed by atoms with Crippen molar-refractivity contribution in [3.63, 3.8) is 0 Å². The Balaban J connectivity index is 0.000000277. The summed E-state index contributed by atoms with van der Waals surface area (Å²) in [7, 11) is 0. The van der Waals surface area contributed by atoms with Gasteiger partial charge in [0.05, 0.1) is 12.5 Å². The van der Waals surface area contributed by atoms with Gasteiger partial charge >= 0.3 is 0 Å². The average molecular weight is 437 g/mol. The van der Waals surface area contributed by atoms with E-state index in [0.717, 1.165) is 11.2 Å². The summed E-state index contributed by atoms with van der Waals surface area (Å²) in [6.45, 7) is 25.4. The molecule has 0 aliphatic rings. The molecule has 0 fully saturated rings. The lowest BCUT2D eigenvalue weighted by atomic mass is 9.86. The van der Waals surface area contributed by atoms with Crippen LogP contribution in [0.3, 0.4) is 0 Å². The lowest BCUT2D eigenvalue weighted by molar-refractivity contribution is 0.556. The Morgan fingerprint density at radius 1 is 0.531 bits per heavy atom. The minimum atomic E-state index is 0.152. The third kappa shape index (κ3) is 6.28. The van der Waals surface area contributed by atoms with Gasteiger partial charge in [0.15, 0.2) is 0 Å². The zero-order valence-corrected chi connectivity index (χ0v) is 22.4. The predicted octanol–water partition coefficient (Wildman–Crippen LogP) is 10.1. The highest BCUT2D eigenvalue weighted by atomic mass is 16.3. The number of aryl methyl sites for hydroxylation is 2. The molecule has 176 valence electrons. The Morgan fingerprint density at radius 2 is 0.844 bits per heavy atom. The Bertz CT molecular complexity index is 1010. The van der Waals surface area contributed by atoms with E-state index in [1.54, 1.807) is 0 Å². The number of furan rings is 2. The average Bonchev–Trinajstić information content (AvgIpc) is 3.37. The first-order valence-corrected chi connectivity index (χ1v) is 11.9. The minimum absolute atomic E-state index is 0.152. The molecule has 0 spiro atoms. The van der Waals surface area contributed by atoms with Crippen LogP contribution in [0.5, 0.6) is 0 Å². The van der Waals surface area contributed by atoms with Crippen molar-refractivity contribution in [1.29, 1.82) is 0 Å². The van der Waals surface area contributed by atoms with Gasteiger partial charge in [-0.2, -0.15) is 0 Å². The molecule has 0 amide bonds. The Hall–Kier alpha value is -2.48. The van der Waals surface area contributed by atoms with Crippen molar-refractivity contribution in [3.8, 4) is 0 Å². The van der Waals surface area contributed by atoms with Gasteiger partial charge in [-0.3, -0.25) is 0 Å². The highest BCUT2D eigenvalue weighted by Gasteiger charge is 2.20. The van der Waals surface area contributed by atoms with E-state index in [-0.39, 0.29) is 10.8 Å². The van der Waals surface area contributed by atoms with Crippen LogP contribution in [0.15, 0.2) is 57.8 Å². The molecule has 0 atom stereocenters. The molecule has 0 radical (unpaired) electrons. The van der Waals surface area contributed by atoms with Gasteiger partial charge in [0.2, 0.25) is 0 Å². The van der Waals surface area contributed by atoms with Gasteiger partial charge in [0, 0.05) is 21.9 Å². The molecule has 0 saturated heterocycles. The van der Waals surface area contributed by atoms with Gasteiger partial charge < -0.3 is 8.83 Å². The van der Waals surface area contributed by atoms with E-state index >= 15 is 0 Å². The molecular weight excluding hydrogens is 392 g/mol. The largest absolute Gasteiger partial charge is 0.464 e. The maximum Gasteiger partial charge on any atom is 0.137 e. The molecule has 2 heteroatoms. The van der Waals surface area contributed by atoms with Crippen LogP contribution in [0.4, 0.5) is 0 Å². The summed E-state index contributed by atoms with van der Waals surface area (Å²) in [6, 6.07) is 12.6.